The first-order chi connectivity index (χ1) is 21.4. The minimum atomic E-state index is -1.13. The molecule has 1 spiro atoms. The number of fused-ring (bicyclic) bond motifs is 1. The zero-order chi connectivity index (χ0) is 31.3. The van der Waals surface area contributed by atoms with Gasteiger partial charge in [0.2, 0.25) is 17.7 Å². The van der Waals surface area contributed by atoms with Gasteiger partial charge in [0, 0.05) is 62.9 Å². The summed E-state index contributed by atoms with van der Waals surface area (Å²) in [6, 6.07) is 8.53. The smallest absolute Gasteiger partial charge is 0.248 e. The van der Waals surface area contributed by atoms with E-state index in [1.807, 2.05) is 30.3 Å². The SMILES string of the molecule is C=CCN(CCN1CCOCC1)C(=O)C1N(CCCCCO)C(=O)[C@@H]2[C@@H](C(=O)N(CC=C)c3ccccc3)[C@@H]3OC12CC3Br. The van der Waals surface area contributed by atoms with Gasteiger partial charge in [-0.25, -0.2) is 0 Å². The molecule has 4 fully saturated rings. The van der Waals surface area contributed by atoms with Crippen LogP contribution in [0, 0.1) is 11.8 Å². The lowest BCUT2D eigenvalue weighted by atomic mass is 9.70. The number of ether oxygens (including phenoxy) is 2. The van der Waals surface area contributed by atoms with Crippen LogP contribution in [0.5, 0.6) is 0 Å². The van der Waals surface area contributed by atoms with Crippen molar-refractivity contribution in [2.45, 2.75) is 48.3 Å². The van der Waals surface area contributed by atoms with E-state index < -0.39 is 29.6 Å². The number of aliphatic hydroxyl groups is 1. The molecule has 240 valence electrons. The number of morpholine rings is 1. The Bertz CT molecular complexity index is 1200. The number of alkyl halides is 1. The number of hydrogen-bond donors (Lipinski definition) is 1. The van der Waals surface area contributed by atoms with Crippen molar-refractivity contribution in [2.75, 3.05) is 70.5 Å². The second-order valence-electron chi connectivity index (χ2n) is 12.1. The number of carbonyl (C=O) groups is 3. The summed E-state index contributed by atoms with van der Waals surface area (Å²) in [5, 5.41) is 9.34. The quantitative estimate of drug-likeness (QED) is 0.174. The van der Waals surface area contributed by atoms with Gasteiger partial charge in [-0.3, -0.25) is 19.3 Å². The Kier molecular flexibility index (Phi) is 10.9. The number of amides is 3. The molecule has 3 unspecified atom stereocenters. The highest BCUT2D eigenvalue weighted by atomic mass is 79.9. The van der Waals surface area contributed by atoms with E-state index in [4.69, 9.17) is 9.47 Å². The number of rotatable bonds is 15. The first kappa shape index (κ1) is 32.8. The summed E-state index contributed by atoms with van der Waals surface area (Å²) >= 11 is 3.79. The number of likely N-dealkylation sites (tertiary alicyclic amines) is 1. The highest BCUT2D eigenvalue weighted by molar-refractivity contribution is 9.09. The maximum atomic E-state index is 14.6. The number of halogens is 1. The lowest BCUT2D eigenvalue weighted by Crippen LogP contribution is -2.58. The number of benzene rings is 1. The lowest BCUT2D eigenvalue weighted by molar-refractivity contribution is -0.148. The number of hydrogen-bond acceptors (Lipinski definition) is 7. The van der Waals surface area contributed by atoms with Gasteiger partial charge in [-0.2, -0.15) is 0 Å². The number of para-hydroxylation sites is 1. The largest absolute Gasteiger partial charge is 0.396 e. The van der Waals surface area contributed by atoms with Gasteiger partial charge < -0.3 is 29.3 Å². The van der Waals surface area contributed by atoms with Crippen LogP contribution in [0.1, 0.15) is 25.7 Å². The Morgan fingerprint density at radius 3 is 2.45 bits per heavy atom. The number of aliphatic hydroxyl groups excluding tert-OH is 1. The highest BCUT2D eigenvalue weighted by Crippen LogP contribution is 2.60. The van der Waals surface area contributed by atoms with Crippen molar-refractivity contribution in [1.29, 1.82) is 0 Å². The van der Waals surface area contributed by atoms with E-state index in [9.17, 15) is 19.5 Å². The molecule has 0 radical (unpaired) electrons. The molecule has 1 aromatic rings. The van der Waals surface area contributed by atoms with Gasteiger partial charge in [-0.15, -0.1) is 13.2 Å². The molecule has 1 N–H and O–H groups in total. The van der Waals surface area contributed by atoms with Crippen LogP contribution in [-0.4, -0.2) is 126 Å². The summed E-state index contributed by atoms with van der Waals surface area (Å²) in [5.41, 5.74) is -0.404. The van der Waals surface area contributed by atoms with Gasteiger partial charge in [0.1, 0.15) is 11.6 Å². The normalized spacial score (nSPS) is 29.5. The topological polar surface area (TPSA) is 103 Å². The monoisotopic (exact) mass is 672 g/mol. The van der Waals surface area contributed by atoms with Gasteiger partial charge in [0.25, 0.3) is 0 Å². The number of unbranched alkanes of at least 4 members (excludes halogenated alkanes) is 2. The van der Waals surface area contributed by atoms with Crippen LogP contribution in [-0.2, 0) is 23.9 Å². The molecule has 2 bridgehead atoms. The molecule has 5 rings (SSSR count). The van der Waals surface area contributed by atoms with Crippen LogP contribution in [0.2, 0.25) is 0 Å². The van der Waals surface area contributed by atoms with Crippen molar-refractivity contribution in [3.63, 3.8) is 0 Å². The highest BCUT2D eigenvalue weighted by Gasteiger charge is 2.76. The third-order valence-corrected chi connectivity index (χ3v) is 10.3. The van der Waals surface area contributed by atoms with Crippen LogP contribution in [0.15, 0.2) is 55.6 Å². The summed E-state index contributed by atoms with van der Waals surface area (Å²) in [5.74, 6) is -2.10. The van der Waals surface area contributed by atoms with E-state index in [1.54, 1.807) is 26.9 Å². The molecular formula is C33H45BrN4O6. The van der Waals surface area contributed by atoms with Crippen LogP contribution < -0.4 is 4.90 Å². The molecule has 6 atom stereocenters. The molecule has 3 amide bonds. The molecule has 4 saturated heterocycles. The summed E-state index contributed by atoms with van der Waals surface area (Å²) < 4.78 is 12.2. The third kappa shape index (κ3) is 6.26. The first-order valence-electron chi connectivity index (χ1n) is 15.8. The van der Waals surface area contributed by atoms with E-state index >= 15 is 0 Å². The van der Waals surface area contributed by atoms with Crippen LogP contribution in [0.3, 0.4) is 0 Å². The Morgan fingerprint density at radius 2 is 1.77 bits per heavy atom. The van der Waals surface area contributed by atoms with E-state index in [-0.39, 0.29) is 35.7 Å². The zero-order valence-electron chi connectivity index (χ0n) is 25.4. The first-order valence-corrected chi connectivity index (χ1v) is 16.7. The van der Waals surface area contributed by atoms with Crippen molar-refractivity contribution in [1.82, 2.24) is 14.7 Å². The van der Waals surface area contributed by atoms with E-state index in [0.717, 1.165) is 25.2 Å². The average Bonchev–Trinajstić information content (AvgIpc) is 3.63. The molecule has 4 heterocycles. The summed E-state index contributed by atoms with van der Waals surface area (Å²) in [6.07, 6.45) is 5.29. The average molecular weight is 674 g/mol. The van der Waals surface area contributed by atoms with Gasteiger partial charge in [-0.05, 0) is 37.8 Å². The second-order valence-corrected chi connectivity index (χ2v) is 13.3. The molecule has 0 aliphatic carbocycles. The summed E-state index contributed by atoms with van der Waals surface area (Å²) in [6.45, 7) is 13.0. The van der Waals surface area contributed by atoms with Gasteiger partial charge in [0.05, 0.1) is 31.2 Å². The minimum Gasteiger partial charge on any atom is -0.396 e. The van der Waals surface area contributed by atoms with E-state index in [0.29, 0.717) is 58.7 Å². The van der Waals surface area contributed by atoms with Crippen LogP contribution in [0.4, 0.5) is 5.69 Å². The molecule has 0 aromatic heterocycles. The Labute approximate surface area is 268 Å². The Hall–Kier alpha value is -2.57. The van der Waals surface area contributed by atoms with Gasteiger partial charge in [-0.1, -0.05) is 46.3 Å². The Morgan fingerprint density at radius 1 is 1.05 bits per heavy atom. The van der Waals surface area contributed by atoms with Crippen molar-refractivity contribution >= 4 is 39.3 Å². The standard InChI is InChI=1S/C33H45BrN4O6/c1-3-13-36(17-16-35-18-21-43-22-19-35)32(42)29-33-23-25(34)28(44-33)26(27(33)31(41)38(29)15-9-6-10-20-39)30(40)37(14-4-2)24-11-7-5-8-12-24/h3-5,7-8,11-12,25-29,39H,1-2,6,9-10,13-23H2/t25?,26-,27+,28-,29?,33?/m1/s1. The number of anilines is 1. The molecule has 4 aliphatic rings. The van der Waals surface area contributed by atoms with Crippen molar-refractivity contribution in [3.8, 4) is 0 Å². The fraction of sp³-hybridized carbons (Fsp3) is 0.606. The molecule has 10 nitrogen and oxygen atoms in total. The van der Waals surface area contributed by atoms with Crippen LogP contribution >= 0.6 is 15.9 Å². The molecule has 1 aromatic carbocycles. The van der Waals surface area contributed by atoms with E-state index in [1.165, 1.54) is 0 Å². The maximum Gasteiger partial charge on any atom is 0.248 e. The number of nitrogens with zero attached hydrogens (tertiary/aromatic N) is 4. The molecule has 4 aliphatic heterocycles. The molecule has 0 saturated carbocycles. The lowest BCUT2D eigenvalue weighted by Gasteiger charge is -2.38. The zero-order valence-corrected chi connectivity index (χ0v) is 27.0. The number of carbonyl (C=O) groups excluding carboxylic acids is 3. The summed E-state index contributed by atoms with van der Waals surface area (Å²) in [7, 11) is 0. The molecule has 11 heteroatoms. The molecular weight excluding hydrogens is 628 g/mol. The fourth-order valence-corrected chi connectivity index (χ4v) is 8.39. The predicted octanol–water partition coefficient (Wildman–Crippen LogP) is 2.46. The van der Waals surface area contributed by atoms with Crippen molar-refractivity contribution in [2.24, 2.45) is 11.8 Å². The van der Waals surface area contributed by atoms with Crippen LogP contribution in [0.25, 0.3) is 0 Å². The van der Waals surface area contributed by atoms with Crippen molar-refractivity contribution < 1.29 is 29.0 Å². The van der Waals surface area contributed by atoms with E-state index in [2.05, 4.69) is 34.0 Å². The fourth-order valence-electron chi connectivity index (χ4n) is 7.45. The predicted molar refractivity (Wildman–Crippen MR) is 171 cm³/mol. The summed E-state index contributed by atoms with van der Waals surface area (Å²) in [4.78, 5) is 50.7. The van der Waals surface area contributed by atoms with Gasteiger partial charge in [0.15, 0.2) is 0 Å². The Balaban J connectivity index is 1.47. The third-order valence-electron chi connectivity index (χ3n) is 9.46. The van der Waals surface area contributed by atoms with Crippen molar-refractivity contribution in [3.05, 3.63) is 55.6 Å². The maximum absolute atomic E-state index is 14.6. The minimum absolute atomic E-state index is 0.0722. The molecule has 44 heavy (non-hydrogen) atoms. The second kappa shape index (κ2) is 14.7. The van der Waals surface area contributed by atoms with Gasteiger partial charge >= 0.3 is 0 Å².